The number of rotatable bonds is 3. The van der Waals surface area contributed by atoms with E-state index in [-0.39, 0.29) is 17.7 Å². The smallest absolute Gasteiger partial charge is 0.109 e. The van der Waals surface area contributed by atoms with Crippen LogP contribution >= 0.6 is 0 Å². The zero-order valence-electron chi connectivity index (χ0n) is 25.9. The van der Waals surface area contributed by atoms with Crippen molar-refractivity contribution in [2.45, 2.75) is 37.0 Å². The minimum absolute atomic E-state index is 0.000387. The van der Waals surface area contributed by atoms with Crippen LogP contribution in [0.5, 0.6) is 0 Å². The highest BCUT2D eigenvalue weighted by atomic mass is 15.5. The molecule has 2 atom stereocenters. The number of fused-ring (bicyclic) bond motifs is 9. The molecule has 1 spiro atoms. The number of nitrogens with zero attached hydrogens (tertiary/aromatic N) is 2. The average molecular weight is 592 g/mol. The van der Waals surface area contributed by atoms with Crippen LogP contribution in [0.15, 0.2) is 146 Å². The Kier molecular flexibility index (Phi) is 5.73. The number of nitriles is 1. The molecule has 6 aromatic rings. The highest BCUT2D eigenvalue weighted by Crippen LogP contribution is 2.62. The molecule has 0 aromatic heterocycles. The summed E-state index contributed by atoms with van der Waals surface area (Å²) in [5.74, 6) is 0. The Labute approximate surface area is 270 Å². The van der Waals surface area contributed by atoms with Crippen LogP contribution in [0.25, 0.3) is 11.1 Å². The van der Waals surface area contributed by atoms with Crippen LogP contribution in [-0.2, 0) is 10.8 Å². The molecule has 6 aromatic carbocycles. The van der Waals surface area contributed by atoms with Crippen LogP contribution in [0, 0.1) is 11.3 Å². The Hall–Kier alpha value is -5.43. The van der Waals surface area contributed by atoms with E-state index in [0.717, 1.165) is 11.3 Å². The van der Waals surface area contributed by atoms with E-state index >= 15 is 0 Å². The quantitative estimate of drug-likeness (QED) is 0.223. The Morgan fingerprint density at radius 2 is 1.11 bits per heavy atom. The predicted molar refractivity (Wildman–Crippen MR) is 185 cm³/mol. The second-order valence-corrected chi connectivity index (χ2v) is 13.3. The van der Waals surface area contributed by atoms with Crippen molar-refractivity contribution in [3.63, 3.8) is 0 Å². The Morgan fingerprint density at radius 1 is 0.543 bits per heavy atom. The van der Waals surface area contributed by atoms with Crippen LogP contribution in [-0.4, -0.2) is 0 Å². The molecule has 2 unspecified atom stereocenters. The minimum atomic E-state index is -0.443. The van der Waals surface area contributed by atoms with E-state index in [1.54, 1.807) is 0 Å². The summed E-state index contributed by atoms with van der Waals surface area (Å²) in [7, 11) is 0. The third-order valence-electron chi connectivity index (χ3n) is 10.7. The van der Waals surface area contributed by atoms with Crippen LogP contribution < -0.4 is 10.2 Å². The second-order valence-electron chi connectivity index (χ2n) is 13.3. The van der Waals surface area contributed by atoms with E-state index in [1.165, 1.54) is 50.1 Å². The summed E-state index contributed by atoms with van der Waals surface area (Å²) in [6, 6.07) is 55.2. The van der Waals surface area contributed by atoms with E-state index < -0.39 is 5.41 Å². The molecule has 1 saturated heterocycles. The van der Waals surface area contributed by atoms with Gasteiger partial charge in [0.25, 0.3) is 0 Å². The van der Waals surface area contributed by atoms with E-state index in [1.807, 2.05) is 18.2 Å². The highest BCUT2D eigenvalue weighted by molar-refractivity contribution is 5.89. The maximum absolute atomic E-state index is 9.69. The van der Waals surface area contributed by atoms with Gasteiger partial charge < -0.3 is 4.90 Å². The Balaban J connectivity index is 1.31. The van der Waals surface area contributed by atoms with Crippen LogP contribution in [0.3, 0.4) is 0 Å². The van der Waals surface area contributed by atoms with Gasteiger partial charge in [-0.1, -0.05) is 135 Å². The lowest BCUT2D eigenvalue weighted by Crippen LogP contribution is -2.57. The van der Waals surface area contributed by atoms with Gasteiger partial charge in [-0.3, -0.25) is 5.32 Å². The van der Waals surface area contributed by atoms with Crippen molar-refractivity contribution in [1.29, 1.82) is 5.26 Å². The lowest BCUT2D eigenvalue weighted by Gasteiger charge is -2.52. The number of nitrogens with one attached hydrogen (secondary N) is 1. The first-order valence-electron chi connectivity index (χ1n) is 16.1. The summed E-state index contributed by atoms with van der Waals surface area (Å²) >= 11 is 0. The van der Waals surface area contributed by atoms with Gasteiger partial charge in [-0.25, -0.2) is 0 Å². The summed E-state index contributed by atoms with van der Waals surface area (Å²) in [5, 5.41) is 13.5. The molecule has 0 radical (unpaired) electrons. The van der Waals surface area contributed by atoms with Crippen molar-refractivity contribution >= 4 is 5.69 Å². The van der Waals surface area contributed by atoms with Crippen LogP contribution in [0.2, 0.25) is 0 Å². The van der Waals surface area contributed by atoms with E-state index in [9.17, 15) is 5.26 Å². The minimum Gasteiger partial charge on any atom is -0.332 e. The molecule has 1 N–H and O–H groups in total. The number of hydrogen-bond donors (Lipinski definition) is 1. The van der Waals surface area contributed by atoms with Crippen molar-refractivity contribution < 1.29 is 0 Å². The fourth-order valence-electron chi connectivity index (χ4n) is 8.61. The van der Waals surface area contributed by atoms with Crippen LogP contribution in [0.1, 0.15) is 76.3 Å². The van der Waals surface area contributed by atoms with Crippen molar-refractivity contribution in [3.8, 4) is 17.2 Å². The molecule has 3 heteroatoms. The van der Waals surface area contributed by atoms with E-state index in [4.69, 9.17) is 0 Å². The van der Waals surface area contributed by atoms with Gasteiger partial charge in [0.2, 0.25) is 0 Å². The van der Waals surface area contributed by atoms with Gasteiger partial charge in [-0.15, -0.1) is 0 Å². The van der Waals surface area contributed by atoms with E-state index in [2.05, 4.69) is 158 Å². The zero-order valence-corrected chi connectivity index (χ0v) is 25.9. The van der Waals surface area contributed by atoms with Gasteiger partial charge in [0.15, 0.2) is 0 Å². The molecule has 2 aliphatic carbocycles. The SMILES string of the molecule is CC1(C)c2ccccc2C2(c3ccccc3-c3ccc(N4C(c5ccccc5)NC4c4cccc(C#N)c4)cc32)c2ccccc21. The fourth-order valence-corrected chi connectivity index (χ4v) is 8.61. The first-order valence-corrected chi connectivity index (χ1v) is 16.1. The molecule has 0 amide bonds. The average Bonchev–Trinajstić information content (AvgIpc) is 3.38. The monoisotopic (exact) mass is 591 g/mol. The van der Waals surface area contributed by atoms with Gasteiger partial charge in [0, 0.05) is 11.1 Å². The predicted octanol–water partition coefficient (Wildman–Crippen LogP) is 9.37. The number of benzene rings is 6. The largest absolute Gasteiger partial charge is 0.332 e. The Bertz CT molecular complexity index is 2160. The first kappa shape index (κ1) is 26.9. The molecule has 3 nitrogen and oxygen atoms in total. The fraction of sp³-hybridized carbons (Fsp3) is 0.140. The maximum Gasteiger partial charge on any atom is 0.109 e. The third-order valence-corrected chi connectivity index (χ3v) is 10.7. The standard InChI is InChI=1S/C43H33N3/c1-42(2)35-19-8-10-21-37(35)43(38-22-11-9-20-36(38)42)34-18-7-6-17-32(34)33-24-23-31(26-39(33)43)46-40(29-14-4-3-5-15-29)45-41(46)30-16-12-13-28(25-30)27-44/h3-26,40-41,45H,1-2H3. The topological polar surface area (TPSA) is 39.1 Å². The first-order chi connectivity index (χ1) is 22.5. The summed E-state index contributed by atoms with van der Waals surface area (Å²) in [5.41, 5.74) is 14.3. The number of anilines is 1. The van der Waals surface area contributed by atoms with Gasteiger partial charge in [0.05, 0.1) is 17.0 Å². The third kappa shape index (κ3) is 3.51. The molecule has 1 fully saturated rings. The molecule has 220 valence electrons. The van der Waals surface area contributed by atoms with Crippen molar-refractivity contribution in [3.05, 3.63) is 196 Å². The van der Waals surface area contributed by atoms with Crippen molar-refractivity contribution in [2.75, 3.05) is 4.90 Å². The summed E-state index contributed by atoms with van der Waals surface area (Å²) < 4.78 is 0. The van der Waals surface area contributed by atoms with E-state index in [0.29, 0.717) is 5.56 Å². The molecule has 0 saturated carbocycles. The summed E-state index contributed by atoms with van der Waals surface area (Å²) in [4.78, 5) is 2.48. The lowest BCUT2D eigenvalue weighted by atomic mass is 9.55. The Morgan fingerprint density at radius 3 is 1.80 bits per heavy atom. The molecule has 1 heterocycles. The molecular weight excluding hydrogens is 558 g/mol. The molecule has 1 aliphatic heterocycles. The zero-order chi connectivity index (χ0) is 31.0. The number of hydrogen-bond acceptors (Lipinski definition) is 3. The highest BCUT2D eigenvalue weighted by Gasteiger charge is 2.53. The van der Waals surface area contributed by atoms with Gasteiger partial charge in [-0.05, 0) is 79.9 Å². The maximum atomic E-state index is 9.69. The molecule has 3 aliphatic rings. The van der Waals surface area contributed by atoms with Crippen molar-refractivity contribution in [2.24, 2.45) is 0 Å². The summed E-state index contributed by atoms with van der Waals surface area (Å²) in [6.45, 7) is 4.73. The normalized spacial score (nSPS) is 19.3. The second kappa shape index (κ2) is 9.78. The van der Waals surface area contributed by atoms with Gasteiger partial charge >= 0.3 is 0 Å². The van der Waals surface area contributed by atoms with Crippen LogP contribution in [0.4, 0.5) is 5.69 Å². The lowest BCUT2D eigenvalue weighted by molar-refractivity contribution is 0.276. The molecular formula is C43H33N3. The van der Waals surface area contributed by atoms with Crippen molar-refractivity contribution in [1.82, 2.24) is 5.32 Å². The molecule has 0 bridgehead atoms. The van der Waals surface area contributed by atoms with Gasteiger partial charge in [0.1, 0.15) is 12.3 Å². The molecule has 9 rings (SSSR count). The summed E-state index contributed by atoms with van der Waals surface area (Å²) in [6.07, 6.45) is -0.0688. The van der Waals surface area contributed by atoms with Gasteiger partial charge in [-0.2, -0.15) is 5.26 Å². The molecule has 46 heavy (non-hydrogen) atoms.